The average Bonchev–Trinajstić information content (AvgIpc) is 3.99. The van der Waals surface area contributed by atoms with Gasteiger partial charge in [0.15, 0.2) is 5.43 Å². The van der Waals surface area contributed by atoms with Gasteiger partial charge in [-0.1, -0.05) is 124 Å². The fourth-order valence-corrected chi connectivity index (χ4v) is 8.82. The van der Waals surface area contributed by atoms with E-state index in [-0.39, 0.29) is 22.7 Å². The molecule has 0 saturated heterocycles. The smallest absolute Gasteiger partial charge is 0.274 e. The molecule has 0 aliphatic carbocycles. The molecule has 0 radical (unpaired) electrons. The van der Waals surface area contributed by atoms with Gasteiger partial charge in [0.2, 0.25) is 0 Å². The van der Waals surface area contributed by atoms with E-state index in [0.29, 0.717) is 40.4 Å². The largest absolute Gasteiger partial charge is 0.493 e. The van der Waals surface area contributed by atoms with Crippen molar-refractivity contribution in [3.05, 3.63) is 192 Å². The second-order valence-electron chi connectivity index (χ2n) is 14.2. The van der Waals surface area contributed by atoms with Crippen LogP contribution >= 0.6 is 38.6 Å². The van der Waals surface area contributed by atoms with E-state index in [1.165, 1.54) is 34.8 Å². The van der Waals surface area contributed by atoms with Crippen molar-refractivity contribution in [3.63, 3.8) is 0 Å². The molecule has 318 valence electrons. The number of nitrogens with one attached hydrogen (secondary N) is 3. The number of benzene rings is 4. The summed E-state index contributed by atoms with van der Waals surface area (Å²) in [6.45, 7) is 0.480. The number of carbonyl (C=O) groups is 2. The van der Waals surface area contributed by atoms with Gasteiger partial charge >= 0.3 is 0 Å². The van der Waals surface area contributed by atoms with Crippen molar-refractivity contribution < 1.29 is 14.3 Å². The molecule has 0 bridgehead atoms. The molecular formula is C50H35BrN8O4S2. The number of alkyl halides is 1. The zero-order valence-corrected chi connectivity index (χ0v) is 37.4. The first-order valence-corrected chi connectivity index (χ1v) is 22.9. The van der Waals surface area contributed by atoms with Gasteiger partial charge in [-0.2, -0.15) is 0 Å². The molecule has 0 fully saturated rings. The maximum atomic E-state index is 13.3. The summed E-state index contributed by atoms with van der Waals surface area (Å²) in [7, 11) is 0. The minimum Gasteiger partial charge on any atom is -0.493 e. The van der Waals surface area contributed by atoms with Crippen LogP contribution in [-0.2, 0) is 0 Å². The molecule has 0 atom stereocenters. The summed E-state index contributed by atoms with van der Waals surface area (Å²) in [5.41, 5.74) is 7.73. The number of H-pyrrole nitrogens is 1. The van der Waals surface area contributed by atoms with Gasteiger partial charge in [0.25, 0.3) is 11.8 Å². The van der Waals surface area contributed by atoms with E-state index < -0.39 is 5.91 Å². The van der Waals surface area contributed by atoms with E-state index in [4.69, 9.17) is 4.74 Å². The number of amides is 2. The second-order valence-corrected chi connectivity index (χ2v) is 16.9. The van der Waals surface area contributed by atoms with Crippen LogP contribution < -0.4 is 20.8 Å². The SMILES string of the molecule is O=C(Nc1ccccc1-c1nc2cccnc2s1)c1cc(=O)cc(-c2ccccc2)[nH]1.O=C(Nc1ccccc1-c1nc2cccnc2s1)c1cc(OCCBr)cc(-c2ccccc2)n1. The lowest BCUT2D eigenvalue weighted by Crippen LogP contribution is -2.17. The Labute approximate surface area is 388 Å². The minimum absolute atomic E-state index is 0.187. The summed E-state index contributed by atoms with van der Waals surface area (Å²) in [4.78, 5) is 65.9. The first-order valence-electron chi connectivity index (χ1n) is 20.2. The molecule has 4 aromatic carbocycles. The summed E-state index contributed by atoms with van der Waals surface area (Å²) in [5.74, 6) is -0.140. The van der Waals surface area contributed by atoms with E-state index in [2.05, 4.69) is 56.5 Å². The van der Waals surface area contributed by atoms with Crippen molar-refractivity contribution in [3.8, 4) is 49.4 Å². The minimum atomic E-state index is -0.401. The Kier molecular flexibility index (Phi) is 12.9. The number of ether oxygens (including phenoxy) is 1. The Morgan fingerprint density at radius 2 is 1.15 bits per heavy atom. The first kappa shape index (κ1) is 42.6. The van der Waals surface area contributed by atoms with Gasteiger partial charge in [0.1, 0.15) is 47.8 Å². The summed E-state index contributed by atoms with van der Waals surface area (Å²) in [6.07, 6.45) is 3.48. The van der Waals surface area contributed by atoms with Crippen LogP contribution in [0.15, 0.2) is 175 Å². The molecule has 10 aromatic rings. The highest BCUT2D eigenvalue weighted by Crippen LogP contribution is 2.35. The number of pyridine rings is 4. The fraction of sp³-hybridized carbons (Fsp3) is 0.0400. The molecular weight excluding hydrogens is 921 g/mol. The highest BCUT2D eigenvalue weighted by molar-refractivity contribution is 9.09. The molecule has 65 heavy (non-hydrogen) atoms. The number of halogens is 1. The van der Waals surface area contributed by atoms with Gasteiger partial charge in [0.05, 0.1) is 23.7 Å². The van der Waals surface area contributed by atoms with Crippen molar-refractivity contribution in [1.82, 2.24) is 29.9 Å². The van der Waals surface area contributed by atoms with Crippen LogP contribution in [0.5, 0.6) is 5.75 Å². The third-order valence-corrected chi connectivity index (χ3v) is 12.1. The number of nitrogens with zero attached hydrogens (tertiary/aromatic N) is 5. The van der Waals surface area contributed by atoms with Gasteiger partial charge < -0.3 is 20.4 Å². The summed E-state index contributed by atoms with van der Waals surface area (Å²) in [6, 6.07) is 48.0. The summed E-state index contributed by atoms with van der Waals surface area (Å²) >= 11 is 6.32. The Hall–Kier alpha value is -7.72. The van der Waals surface area contributed by atoms with E-state index in [9.17, 15) is 14.4 Å². The number of aromatic amines is 1. The Bertz CT molecular complexity index is 3300. The van der Waals surface area contributed by atoms with Gasteiger partial charge in [-0.15, -0.1) is 0 Å². The molecule has 15 heteroatoms. The van der Waals surface area contributed by atoms with Gasteiger partial charge in [-0.3, -0.25) is 14.4 Å². The first-order chi connectivity index (χ1) is 31.9. The average molecular weight is 956 g/mol. The zero-order chi connectivity index (χ0) is 44.5. The van der Waals surface area contributed by atoms with Crippen LogP contribution in [0.1, 0.15) is 21.0 Å². The van der Waals surface area contributed by atoms with Crippen LogP contribution in [-0.4, -0.2) is 53.7 Å². The lowest BCUT2D eigenvalue weighted by atomic mass is 10.1. The lowest BCUT2D eigenvalue weighted by Gasteiger charge is -2.12. The number of anilines is 2. The quantitative estimate of drug-likeness (QED) is 0.107. The van der Waals surface area contributed by atoms with Crippen molar-refractivity contribution in [1.29, 1.82) is 0 Å². The fourth-order valence-electron chi connectivity index (χ4n) is 6.76. The molecule has 0 saturated carbocycles. The molecule has 6 heterocycles. The standard InChI is InChI=1S/C26H19BrN4O2S.C24H16N4O2S/c27-12-14-33-18-15-22(17-7-2-1-3-8-17)29-23(16-18)24(32)30-20-10-5-4-9-19(20)25-31-21-11-6-13-28-26(21)34-25;29-16-13-20(15-7-2-1-3-8-15)26-21(14-16)22(30)27-18-10-5-4-9-17(18)23-28-19-11-6-12-25-24(19)31-23/h1-11,13,15-16H,12,14H2,(H,30,32);1-14H,(H,26,29)(H,27,30). The number of fused-ring (bicyclic) bond motifs is 2. The summed E-state index contributed by atoms with van der Waals surface area (Å²) in [5, 5.41) is 8.16. The second kappa shape index (κ2) is 19.8. The van der Waals surface area contributed by atoms with Crippen LogP contribution in [0.3, 0.4) is 0 Å². The monoisotopic (exact) mass is 954 g/mol. The molecule has 0 aliphatic rings. The van der Waals surface area contributed by atoms with Gasteiger partial charge in [0, 0.05) is 64.4 Å². The van der Waals surface area contributed by atoms with E-state index in [1.807, 2.05) is 140 Å². The number of aromatic nitrogens is 6. The molecule has 12 nitrogen and oxygen atoms in total. The molecule has 0 unspecified atom stereocenters. The van der Waals surface area contributed by atoms with E-state index in [1.54, 1.807) is 18.5 Å². The third-order valence-electron chi connectivity index (χ3n) is 9.76. The van der Waals surface area contributed by atoms with Crippen molar-refractivity contribution in [2.45, 2.75) is 0 Å². The third kappa shape index (κ3) is 10.1. The van der Waals surface area contributed by atoms with Crippen LogP contribution in [0.25, 0.3) is 64.4 Å². The Morgan fingerprint density at radius 1 is 0.600 bits per heavy atom. The van der Waals surface area contributed by atoms with Crippen LogP contribution in [0, 0.1) is 0 Å². The number of hydrogen-bond acceptors (Lipinski definition) is 11. The van der Waals surface area contributed by atoms with Crippen molar-refractivity contribution in [2.75, 3.05) is 22.6 Å². The predicted molar refractivity (Wildman–Crippen MR) is 263 cm³/mol. The Morgan fingerprint density at radius 3 is 1.74 bits per heavy atom. The van der Waals surface area contributed by atoms with Gasteiger partial charge in [-0.25, -0.2) is 24.9 Å². The van der Waals surface area contributed by atoms with E-state index >= 15 is 0 Å². The molecule has 3 N–H and O–H groups in total. The summed E-state index contributed by atoms with van der Waals surface area (Å²) < 4.78 is 5.80. The van der Waals surface area contributed by atoms with Crippen molar-refractivity contribution >= 4 is 82.5 Å². The molecule has 10 rings (SSSR count). The molecule has 6 aromatic heterocycles. The maximum Gasteiger partial charge on any atom is 0.274 e. The molecule has 2 amide bonds. The highest BCUT2D eigenvalue weighted by atomic mass is 79.9. The van der Waals surface area contributed by atoms with Crippen molar-refractivity contribution in [2.24, 2.45) is 0 Å². The molecule has 0 spiro atoms. The number of rotatable bonds is 11. The normalized spacial score (nSPS) is 10.8. The zero-order valence-electron chi connectivity index (χ0n) is 34.1. The number of hydrogen-bond donors (Lipinski definition) is 3. The van der Waals surface area contributed by atoms with Crippen LogP contribution in [0.2, 0.25) is 0 Å². The number of para-hydroxylation sites is 2. The Balaban J connectivity index is 0.000000165. The van der Waals surface area contributed by atoms with E-state index in [0.717, 1.165) is 53.0 Å². The number of carbonyl (C=O) groups excluding carboxylic acids is 2. The molecule has 0 aliphatic heterocycles. The topological polar surface area (TPSA) is 165 Å². The maximum absolute atomic E-state index is 13.3. The van der Waals surface area contributed by atoms with Crippen LogP contribution in [0.4, 0.5) is 11.4 Å². The van der Waals surface area contributed by atoms with Gasteiger partial charge in [-0.05, 0) is 54.1 Å². The predicted octanol–water partition coefficient (Wildman–Crippen LogP) is 11.4. The highest BCUT2D eigenvalue weighted by Gasteiger charge is 2.18. The lowest BCUT2D eigenvalue weighted by molar-refractivity contribution is 0.101. The number of thiazole rings is 2.